The minimum absolute atomic E-state index is 0.0863. The Kier molecular flexibility index (Phi) is 6.21. The van der Waals surface area contributed by atoms with Crippen molar-refractivity contribution in [3.8, 4) is 0 Å². The molecule has 0 unspecified atom stereocenters. The molecule has 2 N–H and O–H groups in total. The average molecular weight is 310 g/mol. The van der Waals surface area contributed by atoms with Gasteiger partial charge in [-0.15, -0.1) is 0 Å². The second kappa shape index (κ2) is 7.92. The summed E-state index contributed by atoms with van der Waals surface area (Å²) in [4.78, 5) is 0.373. The maximum absolute atomic E-state index is 12.5. The molecule has 0 spiro atoms. The summed E-state index contributed by atoms with van der Waals surface area (Å²) >= 11 is 0. The van der Waals surface area contributed by atoms with E-state index in [0.717, 1.165) is 31.2 Å². The van der Waals surface area contributed by atoms with Crippen LogP contribution in [0.1, 0.15) is 50.5 Å². The number of hydrogen-bond acceptors (Lipinski definition) is 3. The molecule has 0 bridgehead atoms. The summed E-state index contributed by atoms with van der Waals surface area (Å²) in [6.07, 6.45) is 7.86. The molecule has 1 aliphatic rings. The van der Waals surface area contributed by atoms with E-state index in [4.69, 9.17) is 0 Å². The molecule has 0 amide bonds. The number of hydrogen-bond donors (Lipinski definition) is 2. The summed E-state index contributed by atoms with van der Waals surface area (Å²) < 4.78 is 27.9. The number of benzene rings is 1. The third-order valence-corrected chi connectivity index (χ3v) is 5.53. The van der Waals surface area contributed by atoms with Crippen LogP contribution in [-0.4, -0.2) is 21.5 Å². The molecule has 1 saturated carbocycles. The quantitative estimate of drug-likeness (QED) is 0.879. The van der Waals surface area contributed by atoms with Gasteiger partial charge >= 0.3 is 0 Å². The van der Waals surface area contributed by atoms with E-state index in [1.807, 2.05) is 13.1 Å². The van der Waals surface area contributed by atoms with Crippen molar-refractivity contribution in [3.63, 3.8) is 0 Å². The van der Waals surface area contributed by atoms with Gasteiger partial charge in [0.1, 0.15) is 0 Å². The molecule has 0 atom stereocenters. The fourth-order valence-electron chi connectivity index (χ4n) is 2.89. The van der Waals surface area contributed by atoms with E-state index in [9.17, 15) is 8.42 Å². The highest BCUT2D eigenvalue weighted by molar-refractivity contribution is 7.89. The van der Waals surface area contributed by atoms with Crippen LogP contribution in [-0.2, 0) is 16.6 Å². The van der Waals surface area contributed by atoms with Gasteiger partial charge in [-0.3, -0.25) is 0 Å². The Morgan fingerprint density at radius 2 is 1.76 bits per heavy atom. The molecule has 0 radical (unpaired) electrons. The van der Waals surface area contributed by atoms with Crippen LogP contribution in [0.4, 0.5) is 0 Å². The van der Waals surface area contributed by atoms with E-state index in [1.54, 1.807) is 18.2 Å². The van der Waals surface area contributed by atoms with Crippen LogP contribution in [0.3, 0.4) is 0 Å². The van der Waals surface area contributed by atoms with Crippen molar-refractivity contribution in [1.29, 1.82) is 0 Å². The van der Waals surface area contributed by atoms with Crippen LogP contribution in [0, 0.1) is 0 Å². The highest BCUT2D eigenvalue weighted by Gasteiger charge is 2.20. The van der Waals surface area contributed by atoms with Crippen LogP contribution in [0.2, 0.25) is 0 Å². The lowest BCUT2D eigenvalue weighted by atomic mass is 9.97. The Labute approximate surface area is 128 Å². The van der Waals surface area contributed by atoms with Crippen LogP contribution in [0.5, 0.6) is 0 Å². The number of rotatable bonds is 5. The van der Waals surface area contributed by atoms with Crippen molar-refractivity contribution >= 4 is 10.0 Å². The molecule has 0 saturated heterocycles. The fourth-order valence-corrected chi connectivity index (χ4v) is 4.26. The van der Waals surface area contributed by atoms with Crippen molar-refractivity contribution in [1.82, 2.24) is 10.0 Å². The lowest BCUT2D eigenvalue weighted by Gasteiger charge is -2.21. The smallest absolute Gasteiger partial charge is 0.240 e. The van der Waals surface area contributed by atoms with Gasteiger partial charge in [0.2, 0.25) is 10.0 Å². The van der Waals surface area contributed by atoms with Crippen LogP contribution < -0.4 is 10.0 Å². The molecule has 1 aromatic carbocycles. The van der Waals surface area contributed by atoms with Gasteiger partial charge < -0.3 is 5.32 Å². The molecule has 0 aromatic heterocycles. The van der Waals surface area contributed by atoms with Gasteiger partial charge in [0, 0.05) is 12.6 Å². The molecule has 5 heteroatoms. The molecule has 1 fully saturated rings. The van der Waals surface area contributed by atoms with Crippen LogP contribution in [0.15, 0.2) is 29.2 Å². The third-order valence-electron chi connectivity index (χ3n) is 4.02. The summed E-state index contributed by atoms with van der Waals surface area (Å²) in [6, 6.07) is 7.25. The first-order chi connectivity index (χ1) is 10.1. The normalized spacial score (nSPS) is 18.1. The average Bonchev–Trinajstić information content (AvgIpc) is 2.42. The van der Waals surface area contributed by atoms with Crippen molar-refractivity contribution in [3.05, 3.63) is 29.8 Å². The first-order valence-electron chi connectivity index (χ1n) is 7.88. The molecule has 2 rings (SSSR count). The van der Waals surface area contributed by atoms with Crippen molar-refractivity contribution in [2.75, 3.05) is 7.05 Å². The fraction of sp³-hybridized carbons (Fsp3) is 0.625. The standard InChI is InChI=1S/C16H26N2O2S/c1-17-13-14-8-7-11-16(12-14)21(19,20)18-15-9-5-3-2-4-6-10-15/h7-8,11-12,15,17-18H,2-6,9-10,13H2,1H3. The zero-order chi connectivity index (χ0) is 15.1. The Hall–Kier alpha value is -0.910. The molecule has 4 nitrogen and oxygen atoms in total. The van der Waals surface area contributed by atoms with Gasteiger partial charge in [-0.25, -0.2) is 13.1 Å². The minimum Gasteiger partial charge on any atom is -0.316 e. The minimum atomic E-state index is -3.41. The topological polar surface area (TPSA) is 58.2 Å². The lowest BCUT2D eigenvalue weighted by molar-refractivity contribution is 0.426. The molecule has 1 aromatic rings. The SMILES string of the molecule is CNCc1cccc(S(=O)(=O)NC2CCCCCCC2)c1. The summed E-state index contributed by atoms with van der Waals surface area (Å²) in [5.41, 5.74) is 0.984. The summed E-state index contributed by atoms with van der Waals surface area (Å²) in [7, 11) is -1.55. The Morgan fingerprint density at radius 1 is 1.10 bits per heavy atom. The zero-order valence-electron chi connectivity index (χ0n) is 12.8. The molecular formula is C16H26N2O2S. The largest absolute Gasteiger partial charge is 0.316 e. The van der Waals surface area contributed by atoms with Crippen molar-refractivity contribution in [2.24, 2.45) is 0 Å². The molecule has 118 valence electrons. The van der Waals surface area contributed by atoms with Gasteiger partial charge in [0.05, 0.1) is 4.90 Å². The van der Waals surface area contributed by atoms with Gasteiger partial charge in [-0.2, -0.15) is 0 Å². The summed E-state index contributed by atoms with van der Waals surface area (Å²) in [5.74, 6) is 0. The maximum atomic E-state index is 12.5. The van der Waals surface area contributed by atoms with Crippen molar-refractivity contribution < 1.29 is 8.42 Å². The van der Waals surface area contributed by atoms with E-state index in [2.05, 4.69) is 10.0 Å². The second-order valence-electron chi connectivity index (χ2n) is 5.84. The van der Waals surface area contributed by atoms with Gasteiger partial charge in [-0.05, 0) is 37.6 Å². The van der Waals surface area contributed by atoms with E-state index >= 15 is 0 Å². The number of sulfonamides is 1. The van der Waals surface area contributed by atoms with E-state index in [0.29, 0.717) is 11.4 Å². The van der Waals surface area contributed by atoms with E-state index in [1.165, 1.54) is 19.3 Å². The van der Waals surface area contributed by atoms with E-state index < -0.39 is 10.0 Å². The Bertz CT molecular complexity index is 535. The summed E-state index contributed by atoms with van der Waals surface area (Å²) in [6.45, 7) is 0.673. The first kappa shape index (κ1) is 16.5. The molecule has 21 heavy (non-hydrogen) atoms. The predicted octanol–water partition coefficient (Wildman–Crippen LogP) is 2.80. The monoisotopic (exact) mass is 310 g/mol. The van der Waals surface area contributed by atoms with E-state index in [-0.39, 0.29) is 6.04 Å². The van der Waals surface area contributed by atoms with Gasteiger partial charge in [0.25, 0.3) is 0 Å². The second-order valence-corrected chi connectivity index (χ2v) is 7.56. The third kappa shape index (κ3) is 5.09. The highest BCUT2D eigenvalue weighted by Crippen LogP contribution is 2.19. The molecule has 0 aliphatic heterocycles. The molecule has 1 aliphatic carbocycles. The zero-order valence-corrected chi connectivity index (χ0v) is 13.6. The van der Waals surface area contributed by atoms with Gasteiger partial charge in [0.15, 0.2) is 0 Å². The van der Waals surface area contributed by atoms with Gasteiger partial charge in [-0.1, -0.05) is 44.2 Å². The number of nitrogens with one attached hydrogen (secondary N) is 2. The first-order valence-corrected chi connectivity index (χ1v) is 9.36. The lowest BCUT2D eigenvalue weighted by Crippen LogP contribution is -2.35. The highest BCUT2D eigenvalue weighted by atomic mass is 32.2. The Balaban J connectivity index is 2.07. The Morgan fingerprint density at radius 3 is 2.43 bits per heavy atom. The molecule has 0 heterocycles. The summed E-state index contributed by atoms with van der Waals surface area (Å²) in [5, 5.41) is 3.04. The van der Waals surface area contributed by atoms with Crippen molar-refractivity contribution in [2.45, 2.75) is 62.4 Å². The van der Waals surface area contributed by atoms with Crippen LogP contribution in [0.25, 0.3) is 0 Å². The maximum Gasteiger partial charge on any atom is 0.240 e. The predicted molar refractivity (Wildman–Crippen MR) is 85.6 cm³/mol. The molecular weight excluding hydrogens is 284 g/mol. The van der Waals surface area contributed by atoms with Crippen LogP contribution >= 0.6 is 0 Å².